The highest BCUT2D eigenvalue weighted by atomic mass is 16.5. The van der Waals surface area contributed by atoms with E-state index in [-0.39, 0.29) is 17.6 Å². The van der Waals surface area contributed by atoms with Crippen LogP contribution >= 0.6 is 0 Å². The van der Waals surface area contributed by atoms with E-state index in [9.17, 15) is 4.79 Å². The van der Waals surface area contributed by atoms with Gasteiger partial charge in [0.2, 0.25) is 11.7 Å². The Kier molecular flexibility index (Phi) is 4.61. The first-order chi connectivity index (χ1) is 9.61. The number of aromatic nitrogens is 3. The normalized spacial score (nSPS) is 12.6. The maximum Gasteiger partial charge on any atom is 0.227 e. The quantitative estimate of drug-likeness (QED) is 0.809. The summed E-state index contributed by atoms with van der Waals surface area (Å²) in [6.07, 6.45) is 4.41. The van der Waals surface area contributed by atoms with Gasteiger partial charge in [-0.05, 0) is 18.1 Å². The largest absolute Gasteiger partial charge is 0.339 e. The molecule has 2 aromatic rings. The Labute approximate surface area is 118 Å². The van der Waals surface area contributed by atoms with E-state index in [0.717, 1.165) is 5.56 Å². The number of nitrogens with zero attached hydrogens (tertiary/aromatic N) is 3. The molecule has 0 saturated carbocycles. The Morgan fingerprint density at radius 3 is 2.60 bits per heavy atom. The van der Waals surface area contributed by atoms with E-state index in [0.29, 0.717) is 24.6 Å². The second-order valence-electron chi connectivity index (χ2n) is 5.12. The minimum absolute atomic E-state index is 0.0641. The molecule has 1 unspecified atom stereocenters. The summed E-state index contributed by atoms with van der Waals surface area (Å²) >= 11 is 0. The lowest BCUT2D eigenvalue weighted by atomic mass is 9.87. The summed E-state index contributed by atoms with van der Waals surface area (Å²) in [6.45, 7) is 5.96. The number of hydrogen-bond acceptors (Lipinski definition) is 5. The molecule has 0 bridgehead atoms. The molecular formula is C15H19N3O2. The van der Waals surface area contributed by atoms with Gasteiger partial charge < -0.3 is 4.52 Å². The zero-order chi connectivity index (χ0) is 14.5. The third kappa shape index (κ3) is 3.29. The number of ketones is 1. The van der Waals surface area contributed by atoms with Gasteiger partial charge in [-0.25, -0.2) is 0 Å². The van der Waals surface area contributed by atoms with Gasteiger partial charge in [0.05, 0.1) is 0 Å². The fraction of sp³-hybridized carbons (Fsp3) is 0.467. The van der Waals surface area contributed by atoms with Crippen LogP contribution in [0.5, 0.6) is 0 Å². The van der Waals surface area contributed by atoms with Crippen LogP contribution in [0.4, 0.5) is 0 Å². The molecule has 0 aliphatic rings. The Balaban J connectivity index is 2.15. The molecule has 0 amide bonds. The van der Waals surface area contributed by atoms with Crippen LogP contribution in [-0.2, 0) is 11.2 Å². The minimum Gasteiger partial charge on any atom is -0.339 e. The smallest absolute Gasteiger partial charge is 0.227 e. The third-order valence-electron chi connectivity index (χ3n) is 3.37. The second kappa shape index (κ2) is 6.41. The molecule has 0 radical (unpaired) electrons. The molecule has 5 heteroatoms. The molecule has 0 N–H and O–H groups in total. The highest BCUT2D eigenvalue weighted by Gasteiger charge is 2.23. The molecule has 1 atom stereocenters. The van der Waals surface area contributed by atoms with Crippen LogP contribution in [0.3, 0.4) is 0 Å². The van der Waals surface area contributed by atoms with Crippen LogP contribution in [0.1, 0.15) is 33.1 Å². The van der Waals surface area contributed by atoms with Crippen molar-refractivity contribution >= 4 is 5.78 Å². The number of pyridine rings is 1. The van der Waals surface area contributed by atoms with Crippen LogP contribution in [0.15, 0.2) is 29.0 Å². The zero-order valence-corrected chi connectivity index (χ0v) is 12.0. The fourth-order valence-electron chi connectivity index (χ4n) is 2.13. The summed E-state index contributed by atoms with van der Waals surface area (Å²) in [5, 5.41) is 3.96. The zero-order valence-electron chi connectivity index (χ0n) is 12.0. The van der Waals surface area contributed by atoms with Gasteiger partial charge in [-0.3, -0.25) is 9.78 Å². The second-order valence-corrected chi connectivity index (χ2v) is 5.12. The Hall–Kier alpha value is -2.04. The molecule has 0 aliphatic heterocycles. The van der Waals surface area contributed by atoms with E-state index in [1.54, 1.807) is 12.4 Å². The van der Waals surface area contributed by atoms with Gasteiger partial charge in [-0.1, -0.05) is 25.9 Å². The molecule has 2 aromatic heterocycles. The maximum absolute atomic E-state index is 11.9. The number of carbonyl (C=O) groups is 1. The minimum atomic E-state index is -0.0641. The molecule has 2 heterocycles. The average molecular weight is 273 g/mol. The average Bonchev–Trinajstić information content (AvgIpc) is 2.93. The van der Waals surface area contributed by atoms with Crippen molar-refractivity contribution in [1.29, 1.82) is 0 Å². The summed E-state index contributed by atoms with van der Waals surface area (Å²) in [7, 11) is 0. The summed E-state index contributed by atoms with van der Waals surface area (Å²) in [6, 6.07) is 3.65. The summed E-state index contributed by atoms with van der Waals surface area (Å²) in [4.78, 5) is 20.3. The van der Waals surface area contributed by atoms with Crippen molar-refractivity contribution < 1.29 is 9.32 Å². The van der Waals surface area contributed by atoms with Crippen molar-refractivity contribution in [3.05, 3.63) is 30.4 Å². The van der Waals surface area contributed by atoms with Crippen molar-refractivity contribution in [3.8, 4) is 11.4 Å². The van der Waals surface area contributed by atoms with Crippen molar-refractivity contribution in [2.75, 3.05) is 0 Å². The van der Waals surface area contributed by atoms with E-state index < -0.39 is 0 Å². The number of hydrogen-bond donors (Lipinski definition) is 0. The standard InChI is InChI=1S/C15H19N3O2/c1-4-13(19)12(10(2)3)9-14-17-15(18-20-14)11-5-7-16-8-6-11/h5-8,10,12H,4,9H2,1-3H3. The van der Waals surface area contributed by atoms with Gasteiger partial charge in [0.25, 0.3) is 0 Å². The summed E-state index contributed by atoms with van der Waals surface area (Å²) < 4.78 is 5.26. The number of Topliss-reactive ketones (excluding diaryl/α,β-unsaturated/α-hetero) is 1. The SMILES string of the molecule is CCC(=O)C(Cc1nc(-c2ccncc2)no1)C(C)C. The molecular weight excluding hydrogens is 254 g/mol. The van der Waals surface area contributed by atoms with Crippen LogP contribution in [0, 0.1) is 11.8 Å². The Morgan fingerprint density at radius 2 is 2.00 bits per heavy atom. The van der Waals surface area contributed by atoms with E-state index in [1.807, 2.05) is 32.9 Å². The van der Waals surface area contributed by atoms with Crippen molar-refractivity contribution in [1.82, 2.24) is 15.1 Å². The first-order valence-electron chi connectivity index (χ1n) is 6.87. The first kappa shape index (κ1) is 14.4. The van der Waals surface area contributed by atoms with Crippen molar-refractivity contribution in [2.24, 2.45) is 11.8 Å². The van der Waals surface area contributed by atoms with E-state index >= 15 is 0 Å². The highest BCUT2D eigenvalue weighted by molar-refractivity contribution is 5.81. The number of carbonyl (C=O) groups excluding carboxylic acids is 1. The van der Waals surface area contributed by atoms with Gasteiger partial charge in [0, 0.05) is 36.7 Å². The molecule has 0 fully saturated rings. The van der Waals surface area contributed by atoms with Gasteiger partial charge in [-0.15, -0.1) is 0 Å². The monoisotopic (exact) mass is 273 g/mol. The predicted octanol–water partition coefficient (Wildman–Crippen LogP) is 2.93. The van der Waals surface area contributed by atoms with Gasteiger partial charge >= 0.3 is 0 Å². The first-order valence-corrected chi connectivity index (χ1v) is 6.87. The van der Waals surface area contributed by atoms with Crippen LogP contribution in [0.25, 0.3) is 11.4 Å². The lowest BCUT2D eigenvalue weighted by molar-refractivity contribution is -0.124. The summed E-state index contributed by atoms with van der Waals surface area (Å²) in [5.41, 5.74) is 0.859. The third-order valence-corrected chi connectivity index (χ3v) is 3.37. The van der Waals surface area contributed by atoms with E-state index in [1.165, 1.54) is 0 Å². The van der Waals surface area contributed by atoms with Crippen molar-refractivity contribution in [2.45, 2.75) is 33.6 Å². The topological polar surface area (TPSA) is 68.9 Å². The van der Waals surface area contributed by atoms with Crippen molar-refractivity contribution in [3.63, 3.8) is 0 Å². The lowest BCUT2D eigenvalue weighted by Crippen LogP contribution is -2.22. The molecule has 20 heavy (non-hydrogen) atoms. The molecule has 0 aliphatic carbocycles. The molecule has 0 saturated heterocycles. The number of rotatable bonds is 6. The lowest BCUT2D eigenvalue weighted by Gasteiger charge is -2.16. The Bertz CT molecular complexity index is 564. The van der Waals surface area contributed by atoms with Crippen LogP contribution < -0.4 is 0 Å². The van der Waals surface area contributed by atoms with Crippen LogP contribution in [0.2, 0.25) is 0 Å². The predicted molar refractivity (Wildman–Crippen MR) is 74.9 cm³/mol. The Morgan fingerprint density at radius 1 is 1.30 bits per heavy atom. The van der Waals surface area contributed by atoms with Crippen LogP contribution in [-0.4, -0.2) is 20.9 Å². The molecule has 0 aromatic carbocycles. The molecule has 0 spiro atoms. The van der Waals surface area contributed by atoms with E-state index in [4.69, 9.17) is 4.52 Å². The van der Waals surface area contributed by atoms with E-state index in [2.05, 4.69) is 15.1 Å². The fourth-order valence-corrected chi connectivity index (χ4v) is 2.13. The highest BCUT2D eigenvalue weighted by Crippen LogP contribution is 2.21. The van der Waals surface area contributed by atoms with Gasteiger partial charge in [-0.2, -0.15) is 4.98 Å². The summed E-state index contributed by atoms with van der Waals surface area (Å²) in [5.74, 6) is 1.49. The van der Waals surface area contributed by atoms with Gasteiger partial charge in [0.15, 0.2) is 0 Å². The molecule has 106 valence electrons. The molecule has 5 nitrogen and oxygen atoms in total. The molecule has 2 rings (SSSR count). The maximum atomic E-state index is 11.9. The van der Waals surface area contributed by atoms with Gasteiger partial charge in [0.1, 0.15) is 5.78 Å².